The first-order valence-corrected chi connectivity index (χ1v) is 9.32. The second-order valence-electron chi connectivity index (χ2n) is 7.79. The Hall–Kier alpha value is -0.810. The number of piperidine rings is 1. The molecule has 1 aromatic rings. The molecule has 0 aromatic heterocycles. The van der Waals surface area contributed by atoms with Gasteiger partial charge in [-0.1, -0.05) is 25.4 Å². The van der Waals surface area contributed by atoms with Crippen LogP contribution in [0.5, 0.6) is 5.75 Å². The SMILES string of the molecule is CC1(C)CN(Cc2cc(Cl)ccc2OCC2CCCO2)CCC1N. The van der Waals surface area contributed by atoms with Gasteiger partial charge in [-0.25, -0.2) is 0 Å². The highest BCUT2D eigenvalue weighted by Gasteiger charge is 2.33. The van der Waals surface area contributed by atoms with E-state index in [0.29, 0.717) is 6.61 Å². The van der Waals surface area contributed by atoms with Crippen LogP contribution >= 0.6 is 11.6 Å². The van der Waals surface area contributed by atoms with Crippen LogP contribution in [-0.2, 0) is 11.3 Å². The first-order valence-electron chi connectivity index (χ1n) is 8.95. The molecule has 5 heteroatoms. The molecule has 0 radical (unpaired) electrons. The van der Waals surface area contributed by atoms with Crippen molar-refractivity contribution in [3.8, 4) is 5.75 Å². The maximum Gasteiger partial charge on any atom is 0.124 e. The number of hydrogen-bond acceptors (Lipinski definition) is 4. The summed E-state index contributed by atoms with van der Waals surface area (Å²) in [5.74, 6) is 0.919. The minimum absolute atomic E-state index is 0.134. The Labute approximate surface area is 150 Å². The largest absolute Gasteiger partial charge is 0.491 e. The van der Waals surface area contributed by atoms with Crippen molar-refractivity contribution in [3.05, 3.63) is 28.8 Å². The zero-order valence-electron chi connectivity index (χ0n) is 14.8. The third-order valence-corrected chi connectivity index (χ3v) is 5.49. The Kier molecular flexibility index (Phi) is 5.70. The van der Waals surface area contributed by atoms with Crippen LogP contribution in [0.3, 0.4) is 0 Å². The molecule has 0 saturated carbocycles. The predicted octanol–water partition coefficient (Wildman–Crippen LogP) is 3.46. The molecule has 0 amide bonds. The van der Waals surface area contributed by atoms with Crippen LogP contribution in [-0.4, -0.2) is 43.3 Å². The number of rotatable bonds is 5. The lowest BCUT2D eigenvalue weighted by Crippen LogP contribution is -2.52. The Morgan fingerprint density at radius 3 is 2.92 bits per heavy atom. The van der Waals surface area contributed by atoms with E-state index in [-0.39, 0.29) is 17.6 Å². The highest BCUT2D eigenvalue weighted by atomic mass is 35.5. The van der Waals surface area contributed by atoms with E-state index < -0.39 is 0 Å². The van der Waals surface area contributed by atoms with Crippen LogP contribution in [0, 0.1) is 5.41 Å². The molecule has 0 spiro atoms. The molecular weight excluding hydrogens is 324 g/mol. The van der Waals surface area contributed by atoms with Gasteiger partial charge in [0.1, 0.15) is 12.4 Å². The summed E-state index contributed by atoms with van der Waals surface area (Å²) in [7, 11) is 0. The minimum atomic E-state index is 0.134. The van der Waals surface area contributed by atoms with E-state index in [1.54, 1.807) is 0 Å². The van der Waals surface area contributed by atoms with Gasteiger partial charge in [0.2, 0.25) is 0 Å². The lowest BCUT2D eigenvalue weighted by atomic mass is 9.79. The fourth-order valence-corrected chi connectivity index (χ4v) is 3.83. The van der Waals surface area contributed by atoms with E-state index >= 15 is 0 Å². The first kappa shape index (κ1) is 18.0. The third kappa shape index (κ3) is 4.42. The van der Waals surface area contributed by atoms with Crippen molar-refractivity contribution >= 4 is 11.6 Å². The molecule has 3 rings (SSSR count). The van der Waals surface area contributed by atoms with Gasteiger partial charge in [-0.05, 0) is 42.9 Å². The van der Waals surface area contributed by atoms with Crippen molar-refractivity contribution < 1.29 is 9.47 Å². The predicted molar refractivity (Wildman–Crippen MR) is 97.6 cm³/mol. The van der Waals surface area contributed by atoms with Crippen LogP contribution in [0.2, 0.25) is 5.02 Å². The summed E-state index contributed by atoms with van der Waals surface area (Å²) in [6, 6.07) is 6.16. The summed E-state index contributed by atoms with van der Waals surface area (Å²) in [5.41, 5.74) is 7.53. The molecule has 0 aliphatic carbocycles. The molecule has 2 unspecified atom stereocenters. The number of nitrogens with two attached hydrogens (primary N) is 1. The molecule has 2 fully saturated rings. The van der Waals surface area contributed by atoms with Gasteiger partial charge in [0.15, 0.2) is 0 Å². The van der Waals surface area contributed by atoms with Crippen LogP contribution in [0.25, 0.3) is 0 Å². The summed E-state index contributed by atoms with van der Waals surface area (Å²) in [5, 5.41) is 0.752. The third-order valence-electron chi connectivity index (χ3n) is 5.26. The summed E-state index contributed by atoms with van der Waals surface area (Å²) in [6.07, 6.45) is 3.46. The van der Waals surface area contributed by atoms with Crippen molar-refractivity contribution in [2.45, 2.75) is 51.8 Å². The highest BCUT2D eigenvalue weighted by molar-refractivity contribution is 6.30. The number of benzene rings is 1. The van der Waals surface area contributed by atoms with Gasteiger partial charge in [0.25, 0.3) is 0 Å². The number of halogens is 1. The van der Waals surface area contributed by atoms with Gasteiger partial charge >= 0.3 is 0 Å². The zero-order chi connectivity index (χ0) is 17.2. The van der Waals surface area contributed by atoms with Gasteiger partial charge in [-0.2, -0.15) is 0 Å². The van der Waals surface area contributed by atoms with Crippen molar-refractivity contribution in [1.29, 1.82) is 0 Å². The zero-order valence-corrected chi connectivity index (χ0v) is 15.5. The van der Waals surface area contributed by atoms with Crippen LogP contribution in [0.4, 0.5) is 0 Å². The first-order chi connectivity index (χ1) is 11.4. The minimum Gasteiger partial charge on any atom is -0.491 e. The lowest BCUT2D eigenvalue weighted by Gasteiger charge is -2.42. The van der Waals surface area contributed by atoms with Crippen molar-refractivity contribution in [1.82, 2.24) is 4.90 Å². The fraction of sp³-hybridized carbons (Fsp3) is 0.684. The van der Waals surface area contributed by atoms with E-state index in [9.17, 15) is 0 Å². The molecule has 2 saturated heterocycles. The molecule has 24 heavy (non-hydrogen) atoms. The molecule has 2 N–H and O–H groups in total. The number of nitrogens with zero attached hydrogens (tertiary/aromatic N) is 1. The Morgan fingerprint density at radius 1 is 1.38 bits per heavy atom. The van der Waals surface area contributed by atoms with Gasteiger partial charge < -0.3 is 15.2 Å². The molecule has 2 heterocycles. The molecule has 4 nitrogen and oxygen atoms in total. The highest BCUT2D eigenvalue weighted by Crippen LogP contribution is 2.31. The normalized spacial score (nSPS) is 27.3. The molecule has 1 aromatic carbocycles. The van der Waals surface area contributed by atoms with Crippen LogP contribution in [0.15, 0.2) is 18.2 Å². The van der Waals surface area contributed by atoms with Crippen molar-refractivity contribution in [2.24, 2.45) is 11.1 Å². The second-order valence-corrected chi connectivity index (χ2v) is 8.23. The molecule has 2 aliphatic rings. The number of likely N-dealkylation sites (tertiary alicyclic amines) is 1. The topological polar surface area (TPSA) is 47.7 Å². The van der Waals surface area contributed by atoms with Gasteiger partial charge in [0, 0.05) is 42.9 Å². The monoisotopic (exact) mass is 352 g/mol. The van der Waals surface area contributed by atoms with E-state index in [1.165, 1.54) is 0 Å². The van der Waals surface area contributed by atoms with Crippen LogP contribution in [0.1, 0.15) is 38.7 Å². The second kappa shape index (κ2) is 7.61. The fourth-order valence-electron chi connectivity index (χ4n) is 3.63. The van der Waals surface area contributed by atoms with E-state index in [0.717, 1.165) is 61.8 Å². The van der Waals surface area contributed by atoms with Gasteiger partial charge in [0.05, 0.1) is 6.10 Å². The van der Waals surface area contributed by atoms with Crippen molar-refractivity contribution in [3.63, 3.8) is 0 Å². The molecule has 2 atom stereocenters. The van der Waals surface area contributed by atoms with E-state index in [1.807, 2.05) is 18.2 Å². The standard InChI is InChI=1S/C19H29ClN2O2/c1-19(2)13-22(8-7-18(19)21)11-14-10-15(20)5-6-17(14)24-12-16-4-3-9-23-16/h5-6,10,16,18H,3-4,7-9,11-13,21H2,1-2H3. The summed E-state index contributed by atoms with van der Waals surface area (Å²) in [4.78, 5) is 2.45. The van der Waals surface area contributed by atoms with E-state index in [2.05, 4.69) is 18.7 Å². The van der Waals surface area contributed by atoms with Crippen molar-refractivity contribution in [2.75, 3.05) is 26.3 Å². The average Bonchev–Trinajstić information content (AvgIpc) is 3.03. The molecule has 134 valence electrons. The van der Waals surface area contributed by atoms with E-state index in [4.69, 9.17) is 26.8 Å². The van der Waals surface area contributed by atoms with Crippen LogP contribution < -0.4 is 10.5 Å². The Morgan fingerprint density at radius 2 is 2.21 bits per heavy atom. The maximum atomic E-state index is 6.25. The Bertz CT molecular complexity index is 558. The summed E-state index contributed by atoms with van der Waals surface area (Å²) < 4.78 is 11.7. The maximum absolute atomic E-state index is 6.25. The average molecular weight is 353 g/mol. The summed E-state index contributed by atoms with van der Waals surface area (Å²) >= 11 is 6.22. The molecule has 2 aliphatic heterocycles. The van der Waals surface area contributed by atoms with Gasteiger partial charge in [-0.15, -0.1) is 0 Å². The number of ether oxygens (including phenoxy) is 2. The van der Waals surface area contributed by atoms with Gasteiger partial charge in [-0.3, -0.25) is 4.90 Å². The summed E-state index contributed by atoms with van der Waals surface area (Å²) in [6.45, 7) is 8.81. The number of hydrogen-bond donors (Lipinski definition) is 1. The molecule has 0 bridgehead atoms. The Balaban J connectivity index is 1.66. The lowest BCUT2D eigenvalue weighted by molar-refractivity contribution is 0.0658. The molecular formula is C19H29ClN2O2. The quantitative estimate of drug-likeness (QED) is 0.881. The smallest absolute Gasteiger partial charge is 0.124 e.